The third-order valence-corrected chi connectivity index (χ3v) is 2.68. The molecule has 1 aromatic carbocycles. The fourth-order valence-corrected chi connectivity index (χ4v) is 1.57. The Bertz CT molecular complexity index is 407. The molecule has 0 saturated carbocycles. The molecule has 0 aliphatic carbocycles. The smallest absolute Gasteiger partial charge is 0.410 e. The summed E-state index contributed by atoms with van der Waals surface area (Å²) in [6.07, 6.45) is 0.541. The van der Waals surface area contributed by atoms with Gasteiger partial charge in [-0.05, 0) is 44.9 Å². The van der Waals surface area contributed by atoms with E-state index < -0.39 is 5.60 Å². The summed E-state index contributed by atoms with van der Waals surface area (Å²) in [5, 5.41) is 3.08. The van der Waals surface area contributed by atoms with Crippen LogP contribution in [-0.4, -0.2) is 37.2 Å². The maximum Gasteiger partial charge on any atom is 0.410 e. The average molecular weight is 264 g/mol. The lowest BCUT2D eigenvalue weighted by Crippen LogP contribution is -2.35. The zero-order valence-corrected chi connectivity index (χ0v) is 12.5. The fourth-order valence-electron chi connectivity index (χ4n) is 1.57. The lowest BCUT2D eigenvalue weighted by Gasteiger charge is -2.24. The Kier molecular flexibility index (Phi) is 5.21. The van der Waals surface area contributed by atoms with Crippen LogP contribution in [0.15, 0.2) is 24.3 Å². The van der Waals surface area contributed by atoms with Crippen LogP contribution in [0.3, 0.4) is 0 Å². The number of amides is 1. The van der Waals surface area contributed by atoms with Gasteiger partial charge >= 0.3 is 6.09 Å². The Labute approximate surface area is 115 Å². The summed E-state index contributed by atoms with van der Waals surface area (Å²) in [6, 6.07) is 8.19. The SMILES string of the molecule is CNc1ccc(CCN(C)C(=O)OC(C)(C)C)cc1. The number of nitrogens with one attached hydrogen (secondary N) is 1. The highest BCUT2D eigenvalue weighted by molar-refractivity contribution is 5.67. The van der Waals surface area contributed by atoms with Crippen molar-refractivity contribution in [3.63, 3.8) is 0 Å². The Morgan fingerprint density at radius 1 is 1.26 bits per heavy atom. The van der Waals surface area contributed by atoms with Crippen LogP contribution in [0.4, 0.5) is 10.5 Å². The third-order valence-electron chi connectivity index (χ3n) is 2.68. The number of ether oxygens (including phenoxy) is 1. The maximum atomic E-state index is 11.8. The molecule has 0 aliphatic rings. The number of carbonyl (C=O) groups excluding carboxylic acids is 1. The minimum atomic E-state index is -0.445. The molecular formula is C15H24N2O2. The number of likely N-dealkylation sites (N-methyl/N-ethyl adjacent to an activating group) is 1. The molecule has 0 spiro atoms. The van der Waals surface area contributed by atoms with Crippen LogP contribution >= 0.6 is 0 Å². The van der Waals surface area contributed by atoms with Crippen molar-refractivity contribution in [1.82, 2.24) is 4.90 Å². The van der Waals surface area contributed by atoms with Gasteiger partial charge < -0.3 is 15.0 Å². The first-order valence-electron chi connectivity index (χ1n) is 6.52. The zero-order chi connectivity index (χ0) is 14.5. The molecule has 106 valence electrons. The molecule has 1 aromatic rings. The van der Waals surface area contributed by atoms with Crippen LogP contribution < -0.4 is 5.32 Å². The van der Waals surface area contributed by atoms with Crippen molar-refractivity contribution in [2.24, 2.45) is 0 Å². The fraction of sp³-hybridized carbons (Fsp3) is 0.533. The lowest BCUT2D eigenvalue weighted by molar-refractivity contribution is 0.0301. The predicted molar refractivity (Wildman–Crippen MR) is 78.6 cm³/mol. The summed E-state index contributed by atoms with van der Waals surface area (Å²) < 4.78 is 5.30. The Morgan fingerprint density at radius 2 is 1.84 bits per heavy atom. The van der Waals surface area contributed by atoms with Gasteiger partial charge in [0.15, 0.2) is 0 Å². The monoisotopic (exact) mass is 264 g/mol. The van der Waals surface area contributed by atoms with E-state index in [1.807, 2.05) is 40.0 Å². The van der Waals surface area contributed by atoms with Crippen molar-refractivity contribution >= 4 is 11.8 Å². The van der Waals surface area contributed by atoms with Crippen molar-refractivity contribution in [3.05, 3.63) is 29.8 Å². The molecule has 19 heavy (non-hydrogen) atoms. The van der Waals surface area contributed by atoms with Gasteiger partial charge in [-0.3, -0.25) is 0 Å². The van der Waals surface area contributed by atoms with E-state index in [1.165, 1.54) is 5.56 Å². The Hall–Kier alpha value is -1.71. The van der Waals surface area contributed by atoms with Crippen molar-refractivity contribution in [2.45, 2.75) is 32.8 Å². The molecule has 0 unspecified atom stereocenters. The highest BCUT2D eigenvalue weighted by atomic mass is 16.6. The van der Waals surface area contributed by atoms with E-state index in [2.05, 4.69) is 17.4 Å². The number of rotatable bonds is 4. The average Bonchev–Trinajstić information content (AvgIpc) is 2.34. The molecule has 1 amide bonds. The summed E-state index contributed by atoms with van der Waals surface area (Å²) in [4.78, 5) is 13.4. The van der Waals surface area contributed by atoms with Gasteiger partial charge in [0.25, 0.3) is 0 Å². The zero-order valence-electron chi connectivity index (χ0n) is 12.5. The summed E-state index contributed by atoms with van der Waals surface area (Å²) in [6.45, 7) is 6.26. The molecule has 1 N–H and O–H groups in total. The number of anilines is 1. The summed E-state index contributed by atoms with van der Waals surface area (Å²) in [5.74, 6) is 0. The van der Waals surface area contributed by atoms with E-state index in [0.717, 1.165) is 12.1 Å². The van der Waals surface area contributed by atoms with Crippen LogP contribution in [-0.2, 0) is 11.2 Å². The quantitative estimate of drug-likeness (QED) is 0.908. The molecule has 0 aliphatic heterocycles. The van der Waals surface area contributed by atoms with Crippen LogP contribution in [0, 0.1) is 0 Å². The number of carbonyl (C=O) groups is 1. The molecule has 4 nitrogen and oxygen atoms in total. The summed E-state index contributed by atoms with van der Waals surface area (Å²) >= 11 is 0. The van der Waals surface area contributed by atoms with Crippen LogP contribution in [0.2, 0.25) is 0 Å². The van der Waals surface area contributed by atoms with E-state index in [9.17, 15) is 4.79 Å². The van der Waals surface area contributed by atoms with Crippen LogP contribution in [0.25, 0.3) is 0 Å². The van der Waals surface area contributed by atoms with Gasteiger partial charge in [0.05, 0.1) is 0 Å². The highest BCUT2D eigenvalue weighted by Gasteiger charge is 2.19. The molecule has 4 heteroatoms. The van der Waals surface area contributed by atoms with Crippen LogP contribution in [0.1, 0.15) is 26.3 Å². The van der Waals surface area contributed by atoms with Gasteiger partial charge in [0.1, 0.15) is 5.60 Å². The highest BCUT2D eigenvalue weighted by Crippen LogP contribution is 2.11. The molecule has 0 aromatic heterocycles. The van der Waals surface area contributed by atoms with E-state index in [4.69, 9.17) is 4.74 Å². The molecule has 0 heterocycles. The second-order valence-corrected chi connectivity index (χ2v) is 5.60. The second kappa shape index (κ2) is 6.45. The van der Waals surface area contributed by atoms with Crippen molar-refractivity contribution in [3.8, 4) is 0 Å². The van der Waals surface area contributed by atoms with E-state index in [-0.39, 0.29) is 6.09 Å². The van der Waals surface area contributed by atoms with Crippen molar-refractivity contribution in [1.29, 1.82) is 0 Å². The predicted octanol–water partition coefficient (Wildman–Crippen LogP) is 3.14. The van der Waals surface area contributed by atoms with E-state index >= 15 is 0 Å². The van der Waals surface area contributed by atoms with Crippen molar-refractivity contribution in [2.75, 3.05) is 26.0 Å². The molecule has 0 radical (unpaired) electrons. The molecule has 1 rings (SSSR count). The van der Waals surface area contributed by atoms with E-state index in [0.29, 0.717) is 6.54 Å². The van der Waals surface area contributed by atoms with Crippen molar-refractivity contribution < 1.29 is 9.53 Å². The number of hydrogen-bond acceptors (Lipinski definition) is 3. The second-order valence-electron chi connectivity index (χ2n) is 5.60. The number of benzene rings is 1. The van der Waals surface area contributed by atoms with Gasteiger partial charge in [-0.2, -0.15) is 0 Å². The van der Waals surface area contributed by atoms with E-state index in [1.54, 1.807) is 11.9 Å². The van der Waals surface area contributed by atoms with Gasteiger partial charge in [-0.15, -0.1) is 0 Å². The number of nitrogens with zero attached hydrogens (tertiary/aromatic N) is 1. The summed E-state index contributed by atoms with van der Waals surface area (Å²) in [7, 11) is 3.65. The minimum Gasteiger partial charge on any atom is -0.444 e. The maximum absolute atomic E-state index is 11.8. The molecule has 0 bridgehead atoms. The first-order chi connectivity index (χ1) is 8.81. The molecule has 0 fully saturated rings. The number of hydrogen-bond donors (Lipinski definition) is 1. The molecular weight excluding hydrogens is 240 g/mol. The molecule has 0 atom stereocenters. The third kappa shape index (κ3) is 5.64. The van der Waals surface area contributed by atoms with Gasteiger partial charge in [-0.1, -0.05) is 12.1 Å². The Morgan fingerprint density at radius 3 is 2.32 bits per heavy atom. The lowest BCUT2D eigenvalue weighted by atomic mass is 10.1. The minimum absolute atomic E-state index is 0.278. The first kappa shape index (κ1) is 15.3. The first-order valence-corrected chi connectivity index (χ1v) is 6.52. The normalized spacial score (nSPS) is 11.0. The largest absolute Gasteiger partial charge is 0.444 e. The topological polar surface area (TPSA) is 41.6 Å². The van der Waals surface area contributed by atoms with Gasteiger partial charge in [0, 0.05) is 26.3 Å². The van der Waals surface area contributed by atoms with Gasteiger partial charge in [-0.25, -0.2) is 4.79 Å². The van der Waals surface area contributed by atoms with Gasteiger partial charge in [0.2, 0.25) is 0 Å². The standard InChI is InChI=1S/C15H24N2O2/c1-15(2,3)19-14(18)17(5)11-10-12-6-8-13(16-4)9-7-12/h6-9,16H,10-11H2,1-5H3. The summed E-state index contributed by atoms with van der Waals surface area (Å²) in [5.41, 5.74) is 1.85. The van der Waals surface area contributed by atoms with Crippen LogP contribution in [0.5, 0.6) is 0 Å². The Balaban J connectivity index is 2.44. The molecule has 0 saturated heterocycles.